The third kappa shape index (κ3) is 4.93. The van der Waals surface area contributed by atoms with Crippen molar-refractivity contribution in [2.45, 2.75) is 52.2 Å². The van der Waals surface area contributed by atoms with E-state index in [1.165, 1.54) is 0 Å². The zero-order valence-corrected chi connectivity index (χ0v) is 18.9. The van der Waals surface area contributed by atoms with E-state index in [1.54, 1.807) is 0 Å². The Hall–Kier alpha value is -1.70. The standard InChI is InChI=1S/C21H30O3Si2/c1-21(2,24-26(6,7)25(3,4)5)20(22)17-13-15-19(16-14-17)23-18-11-9-8-10-12-18/h8-16H,1-7H3. The first kappa shape index (κ1) is 20.6. The van der Waals surface area contributed by atoms with Crippen LogP contribution in [0.15, 0.2) is 54.6 Å². The van der Waals surface area contributed by atoms with Crippen molar-refractivity contribution in [1.29, 1.82) is 0 Å². The normalized spacial score (nSPS) is 12.7. The van der Waals surface area contributed by atoms with Gasteiger partial charge >= 0.3 is 0 Å². The summed E-state index contributed by atoms with van der Waals surface area (Å²) in [6.07, 6.45) is 0. The Morgan fingerprint density at radius 2 is 1.31 bits per heavy atom. The summed E-state index contributed by atoms with van der Waals surface area (Å²) in [7, 11) is -3.35. The summed E-state index contributed by atoms with van der Waals surface area (Å²) < 4.78 is 12.2. The van der Waals surface area contributed by atoms with E-state index in [1.807, 2.05) is 68.4 Å². The zero-order chi connectivity index (χ0) is 19.6. The van der Waals surface area contributed by atoms with Gasteiger partial charge in [-0.3, -0.25) is 4.79 Å². The van der Waals surface area contributed by atoms with Crippen LogP contribution >= 0.6 is 0 Å². The molecule has 0 aliphatic rings. The lowest BCUT2D eigenvalue weighted by molar-refractivity contribution is 0.0568. The van der Waals surface area contributed by atoms with Gasteiger partial charge in [0.1, 0.15) is 17.1 Å². The molecule has 0 heterocycles. The smallest absolute Gasteiger partial charge is 0.192 e. The Balaban J connectivity index is 2.13. The first-order valence-corrected chi connectivity index (χ1v) is 16.4. The second kappa shape index (κ2) is 7.50. The molecule has 0 saturated carbocycles. The second-order valence-corrected chi connectivity index (χ2v) is 24.5. The van der Waals surface area contributed by atoms with Crippen molar-refractivity contribution in [3.05, 3.63) is 60.2 Å². The quantitative estimate of drug-likeness (QED) is 0.427. The molecule has 2 aromatic rings. The van der Waals surface area contributed by atoms with Crippen LogP contribution in [-0.4, -0.2) is 26.8 Å². The number of Topliss-reactive ketones (excluding diaryl/α,β-unsaturated/α-hetero) is 1. The molecule has 5 heteroatoms. The molecule has 0 fully saturated rings. The van der Waals surface area contributed by atoms with E-state index in [-0.39, 0.29) is 5.78 Å². The maximum absolute atomic E-state index is 13.0. The van der Waals surface area contributed by atoms with E-state index in [2.05, 4.69) is 32.7 Å². The fourth-order valence-corrected chi connectivity index (χ4v) is 5.84. The van der Waals surface area contributed by atoms with Gasteiger partial charge in [0, 0.05) is 5.56 Å². The molecule has 0 atom stereocenters. The molecule has 2 rings (SSSR count). The van der Waals surface area contributed by atoms with Crippen LogP contribution in [0.2, 0.25) is 32.7 Å². The molecule has 0 spiro atoms. The maximum Gasteiger partial charge on any atom is 0.192 e. The summed E-state index contributed by atoms with van der Waals surface area (Å²) in [6, 6.07) is 16.9. The molecule has 3 nitrogen and oxygen atoms in total. The highest BCUT2D eigenvalue weighted by Gasteiger charge is 2.45. The summed E-state index contributed by atoms with van der Waals surface area (Å²) in [5, 5.41) is 0. The minimum absolute atomic E-state index is 0.0163. The van der Waals surface area contributed by atoms with Gasteiger partial charge in [0.25, 0.3) is 0 Å². The van der Waals surface area contributed by atoms with E-state index < -0.39 is 21.0 Å². The molecule has 2 aromatic carbocycles. The van der Waals surface area contributed by atoms with Gasteiger partial charge in [0.15, 0.2) is 13.6 Å². The molecule has 0 aromatic heterocycles. The van der Waals surface area contributed by atoms with Gasteiger partial charge in [-0.05, 0) is 63.3 Å². The predicted octanol–water partition coefficient (Wildman–Crippen LogP) is 6.08. The number of ketones is 1. The SMILES string of the molecule is CC(C)(O[Si](C)(C)[Si](C)(C)C)C(=O)c1ccc(Oc2ccccc2)cc1. The minimum atomic E-state index is -1.90. The van der Waals surface area contributed by atoms with Gasteiger partial charge in [-0.1, -0.05) is 37.8 Å². The highest BCUT2D eigenvalue weighted by atomic mass is 29.3. The van der Waals surface area contributed by atoms with Crippen molar-refractivity contribution in [2.24, 2.45) is 0 Å². The molecule has 0 N–H and O–H groups in total. The summed E-state index contributed by atoms with van der Waals surface area (Å²) in [6.45, 7) is 15.2. The summed E-state index contributed by atoms with van der Waals surface area (Å²) in [5.41, 5.74) is -0.173. The van der Waals surface area contributed by atoms with Crippen LogP contribution < -0.4 is 4.74 Å². The van der Waals surface area contributed by atoms with Gasteiger partial charge in [0.2, 0.25) is 0 Å². The lowest BCUT2D eigenvalue weighted by Gasteiger charge is -2.41. The Bertz CT molecular complexity index is 745. The molecule has 0 saturated heterocycles. The molecule has 140 valence electrons. The second-order valence-electron chi connectivity index (χ2n) is 8.64. The first-order valence-electron chi connectivity index (χ1n) is 9.00. The average molecular weight is 387 g/mol. The number of benzene rings is 2. The fourth-order valence-electron chi connectivity index (χ4n) is 2.48. The van der Waals surface area contributed by atoms with E-state index in [0.717, 1.165) is 5.75 Å². The lowest BCUT2D eigenvalue weighted by atomic mass is 9.97. The topological polar surface area (TPSA) is 35.5 Å². The van der Waals surface area contributed by atoms with Gasteiger partial charge in [-0.15, -0.1) is 0 Å². The Morgan fingerprint density at radius 3 is 1.81 bits per heavy atom. The third-order valence-electron chi connectivity index (χ3n) is 4.96. The molecule has 0 radical (unpaired) electrons. The Kier molecular flexibility index (Phi) is 5.95. The number of carbonyl (C=O) groups excluding carboxylic acids is 1. The van der Waals surface area contributed by atoms with Crippen molar-refractivity contribution < 1.29 is 14.0 Å². The number of para-hydroxylation sites is 1. The van der Waals surface area contributed by atoms with Crippen LogP contribution in [0.5, 0.6) is 11.5 Å². The maximum atomic E-state index is 13.0. The number of carbonyl (C=O) groups is 1. The van der Waals surface area contributed by atoms with Crippen LogP contribution in [0.25, 0.3) is 0 Å². The summed E-state index contributed by atoms with van der Waals surface area (Å²) in [4.78, 5) is 13.0. The van der Waals surface area contributed by atoms with Gasteiger partial charge in [0.05, 0.1) is 7.59 Å². The van der Waals surface area contributed by atoms with Crippen molar-refractivity contribution in [3.63, 3.8) is 0 Å². The molecule has 0 amide bonds. The lowest BCUT2D eigenvalue weighted by Crippen LogP contribution is -2.59. The molecule has 26 heavy (non-hydrogen) atoms. The van der Waals surface area contributed by atoms with Crippen molar-refractivity contribution in [3.8, 4) is 11.5 Å². The van der Waals surface area contributed by atoms with Crippen molar-refractivity contribution in [1.82, 2.24) is 0 Å². The Labute approximate surface area is 159 Å². The van der Waals surface area contributed by atoms with Crippen LogP contribution in [-0.2, 0) is 4.43 Å². The Morgan fingerprint density at radius 1 is 0.808 bits per heavy atom. The number of hydrogen-bond acceptors (Lipinski definition) is 3. The minimum Gasteiger partial charge on any atom is -0.457 e. The highest BCUT2D eigenvalue weighted by Crippen LogP contribution is 2.29. The average Bonchev–Trinajstić information content (AvgIpc) is 2.54. The number of rotatable bonds is 7. The molecule has 0 aliphatic carbocycles. The first-order chi connectivity index (χ1) is 11.9. The summed E-state index contributed by atoms with van der Waals surface area (Å²) in [5.74, 6) is 1.50. The van der Waals surface area contributed by atoms with Crippen molar-refractivity contribution >= 4 is 21.2 Å². The fraction of sp³-hybridized carbons (Fsp3) is 0.381. The summed E-state index contributed by atoms with van der Waals surface area (Å²) >= 11 is 0. The van der Waals surface area contributed by atoms with Gasteiger partial charge < -0.3 is 9.16 Å². The van der Waals surface area contributed by atoms with Gasteiger partial charge in [-0.25, -0.2) is 0 Å². The number of hydrogen-bond donors (Lipinski definition) is 0. The monoisotopic (exact) mass is 386 g/mol. The third-order valence-corrected chi connectivity index (χ3v) is 20.7. The zero-order valence-electron chi connectivity index (χ0n) is 16.9. The van der Waals surface area contributed by atoms with Crippen LogP contribution in [0.3, 0.4) is 0 Å². The molecule has 0 bridgehead atoms. The predicted molar refractivity (Wildman–Crippen MR) is 113 cm³/mol. The van der Waals surface area contributed by atoms with Crippen LogP contribution in [0.4, 0.5) is 0 Å². The largest absolute Gasteiger partial charge is 0.457 e. The van der Waals surface area contributed by atoms with Crippen LogP contribution in [0.1, 0.15) is 24.2 Å². The molecule has 0 unspecified atom stereocenters. The van der Waals surface area contributed by atoms with E-state index in [9.17, 15) is 4.79 Å². The van der Waals surface area contributed by atoms with E-state index in [4.69, 9.17) is 9.16 Å². The van der Waals surface area contributed by atoms with E-state index >= 15 is 0 Å². The molecular weight excluding hydrogens is 356 g/mol. The molecule has 0 aliphatic heterocycles. The van der Waals surface area contributed by atoms with E-state index in [0.29, 0.717) is 11.3 Å². The van der Waals surface area contributed by atoms with Gasteiger partial charge in [-0.2, -0.15) is 0 Å². The number of ether oxygens (including phenoxy) is 1. The van der Waals surface area contributed by atoms with Crippen molar-refractivity contribution in [2.75, 3.05) is 0 Å². The van der Waals surface area contributed by atoms with Crippen LogP contribution in [0, 0.1) is 0 Å². The highest BCUT2D eigenvalue weighted by molar-refractivity contribution is 7.37. The molecular formula is C21H30O3Si2.